The molecule has 3 rings (SSSR count). The number of rotatable bonds is 5. The number of hydrogen-bond donors (Lipinski definition) is 1. The molecule has 2 atom stereocenters. The van der Waals surface area contributed by atoms with E-state index in [4.69, 9.17) is 10.00 Å². The maximum atomic E-state index is 12.7. The van der Waals surface area contributed by atoms with E-state index in [1.54, 1.807) is 36.1 Å². The van der Waals surface area contributed by atoms with E-state index in [1.807, 2.05) is 6.07 Å². The molecule has 1 saturated heterocycles. The van der Waals surface area contributed by atoms with Crippen LogP contribution in [0.3, 0.4) is 0 Å². The molecule has 2 unspecified atom stereocenters. The minimum absolute atomic E-state index is 0.0473. The van der Waals surface area contributed by atoms with Crippen LogP contribution < -0.4 is 10.1 Å². The Labute approximate surface area is 141 Å². The van der Waals surface area contributed by atoms with Gasteiger partial charge in [0.2, 0.25) is 5.91 Å². The first kappa shape index (κ1) is 16.3. The predicted molar refractivity (Wildman–Crippen MR) is 87.1 cm³/mol. The number of nitrogens with zero attached hydrogens (tertiary/aromatic N) is 2. The zero-order valence-corrected chi connectivity index (χ0v) is 13.7. The van der Waals surface area contributed by atoms with Crippen molar-refractivity contribution in [3.63, 3.8) is 0 Å². The highest BCUT2D eigenvalue weighted by atomic mass is 16.5. The highest BCUT2D eigenvalue weighted by molar-refractivity contribution is 5.90. The topological polar surface area (TPSA) is 82.4 Å². The number of carbonyl (C=O) groups is 2. The molecule has 0 radical (unpaired) electrons. The number of likely N-dealkylation sites (tertiary alicyclic amines) is 1. The van der Waals surface area contributed by atoms with Crippen LogP contribution in [0, 0.1) is 11.3 Å². The van der Waals surface area contributed by atoms with Gasteiger partial charge in [-0.1, -0.05) is 0 Å². The van der Waals surface area contributed by atoms with Crippen LogP contribution in [-0.4, -0.2) is 41.4 Å². The van der Waals surface area contributed by atoms with Crippen LogP contribution >= 0.6 is 0 Å². The van der Waals surface area contributed by atoms with Crippen molar-refractivity contribution in [2.45, 2.75) is 50.8 Å². The zero-order valence-electron chi connectivity index (χ0n) is 13.7. The van der Waals surface area contributed by atoms with E-state index in [1.165, 1.54) is 0 Å². The Morgan fingerprint density at radius 2 is 2.00 bits per heavy atom. The number of ether oxygens (including phenoxy) is 1. The molecule has 1 N–H and O–H groups in total. The SMILES string of the molecule is CC(Oc1ccc(C#N)cc1)C(=O)N1CCCC1C(=O)NC1CC1. The lowest BCUT2D eigenvalue weighted by Crippen LogP contribution is -2.50. The van der Waals surface area contributed by atoms with E-state index in [-0.39, 0.29) is 17.9 Å². The third kappa shape index (κ3) is 3.67. The molecular formula is C18H21N3O3. The van der Waals surface area contributed by atoms with Crippen molar-refractivity contribution in [3.8, 4) is 11.8 Å². The van der Waals surface area contributed by atoms with Gasteiger partial charge in [-0.15, -0.1) is 0 Å². The van der Waals surface area contributed by atoms with Crippen LogP contribution in [0.1, 0.15) is 38.2 Å². The van der Waals surface area contributed by atoms with Crippen molar-refractivity contribution in [2.24, 2.45) is 0 Å². The maximum absolute atomic E-state index is 12.7. The molecule has 1 aromatic carbocycles. The van der Waals surface area contributed by atoms with E-state index in [0.717, 1.165) is 19.3 Å². The first-order valence-corrected chi connectivity index (χ1v) is 8.36. The molecule has 0 spiro atoms. The average molecular weight is 327 g/mol. The highest BCUT2D eigenvalue weighted by Gasteiger charge is 2.38. The van der Waals surface area contributed by atoms with E-state index in [0.29, 0.717) is 30.3 Å². The van der Waals surface area contributed by atoms with Crippen molar-refractivity contribution < 1.29 is 14.3 Å². The second kappa shape index (κ2) is 6.91. The third-order valence-electron chi connectivity index (χ3n) is 4.41. The summed E-state index contributed by atoms with van der Waals surface area (Å²) in [6.45, 7) is 2.28. The number of nitrogens with one attached hydrogen (secondary N) is 1. The van der Waals surface area contributed by atoms with Crippen LogP contribution in [0.15, 0.2) is 24.3 Å². The van der Waals surface area contributed by atoms with Crippen LogP contribution in [0.4, 0.5) is 0 Å². The lowest BCUT2D eigenvalue weighted by atomic mass is 10.2. The average Bonchev–Trinajstić information content (AvgIpc) is 3.26. The van der Waals surface area contributed by atoms with Crippen LogP contribution in [0.25, 0.3) is 0 Å². The fourth-order valence-electron chi connectivity index (χ4n) is 2.92. The molecule has 2 fully saturated rings. The monoisotopic (exact) mass is 327 g/mol. The summed E-state index contributed by atoms with van der Waals surface area (Å²) in [5.41, 5.74) is 0.540. The standard InChI is InChI=1S/C18H21N3O3/c1-12(24-15-8-4-13(11-19)5-9-15)18(23)21-10-2-3-16(21)17(22)20-14-6-7-14/h4-5,8-9,12,14,16H,2-3,6-7,10H2,1H3,(H,20,22). The van der Waals surface area contributed by atoms with Crippen LogP contribution in [0.2, 0.25) is 0 Å². The summed E-state index contributed by atoms with van der Waals surface area (Å²) in [7, 11) is 0. The summed E-state index contributed by atoms with van der Waals surface area (Å²) in [5, 5.41) is 11.8. The van der Waals surface area contributed by atoms with Crippen molar-refractivity contribution in [1.82, 2.24) is 10.2 Å². The summed E-state index contributed by atoms with van der Waals surface area (Å²) < 4.78 is 5.68. The first-order chi connectivity index (χ1) is 11.6. The Bertz CT molecular complexity index is 661. The molecule has 6 heteroatoms. The minimum atomic E-state index is -0.674. The van der Waals surface area contributed by atoms with Crippen molar-refractivity contribution in [1.29, 1.82) is 5.26 Å². The molecule has 0 aromatic heterocycles. The van der Waals surface area contributed by atoms with Gasteiger partial charge in [0.25, 0.3) is 5.91 Å². The van der Waals surface area contributed by atoms with E-state index in [2.05, 4.69) is 5.32 Å². The number of amides is 2. The Balaban J connectivity index is 1.60. The molecule has 0 bridgehead atoms. The lowest BCUT2D eigenvalue weighted by molar-refractivity contribution is -0.143. The van der Waals surface area contributed by atoms with Crippen molar-refractivity contribution in [3.05, 3.63) is 29.8 Å². The van der Waals surface area contributed by atoms with Gasteiger partial charge in [-0.25, -0.2) is 0 Å². The molecular weight excluding hydrogens is 306 g/mol. The van der Waals surface area contributed by atoms with E-state index >= 15 is 0 Å². The largest absolute Gasteiger partial charge is 0.481 e. The number of carbonyl (C=O) groups excluding carboxylic acids is 2. The number of benzene rings is 1. The predicted octanol–water partition coefficient (Wildman–Crippen LogP) is 1.60. The zero-order chi connectivity index (χ0) is 17.1. The smallest absolute Gasteiger partial charge is 0.264 e. The van der Waals surface area contributed by atoms with Crippen LogP contribution in [-0.2, 0) is 9.59 Å². The molecule has 2 amide bonds. The molecule has 1 saturated carbocycles. The summed E-state index contributed by atoms with van der Waals surface area (Å²) in [5.74, 6) is 0.315. The molecule has 126 valence electrons. The summed E-state index contributed by atoms with van der Waals surface area (Å²) in [6, 6.07) is 8.58. The second-order valence-electron chi connectivity index (χ2n) is 6.37. The van der Waals surface area contributed by atoms with Crippen molar-refractivity contribution >= 4 is 11.8 Å². The maximum Gasteiger partial charge on any atom is 0.264 e. The van der Waals surface area contributed by atoms with Gasteiger partial charge in [-0.3, -0.25) is 9.59 Å². The first-order valence-electron chi connectivity index (χ1n) is 8.36. The van der Waals surface area contributed by atoms with Gasteiger partial charge in [0.15, 0.2) is 6.10 Å². The normalized spacial score (nSPS) is 21.0. The summed E-state index contributed by atoms with van der Waals surface area (Å²) >= 11 is 0. The highest BCUT2D eigenvalue weighted by Crippen LogP contribution is 2.23. The Morgan fingerprint density at radius 3 is 2.62 bits per heavy atom. The fraction of sp³-hybridized carbons (Fsp3) is 0.500. The summed E-state index contributed by atoms with van der Waals surface area (Å²) in [4.78, 5) is 26.6. The Morgan fingerprint density at radius 1 is 1.29 bits per heavy atom. The number of hydrogen-bond acceptors (Lipinski definition) is 4. The van der Waals surface area contributed by atoms with Gasteiger partial charge in [0, 0.05) is 12.6 Å². The quantitative estimate of drug-likeness (QED) is 0.890. The van der Waals surface area contributed by atoms with Gasteiger partial charge in [-0.05, 0) is 56.9 Å². The molecule has 1 aromatic rings. The van der Waals surface area contributed by atoms with Gasteiger partial charge >= 0.3 is 0 Å². The molecule has 24 heavy (non-hydrogen) atoms. The molecule has 1 heterocycles. The minimum Gasteiger partial charge on any atom is -0.481 e. The van der Waals surface area contributed by atoms with E-state index in [9.17, 15) is 9.59 Å². The molecule has 6 nitrogen and oxygen atoms in total. The Hall–Kier alpha value is -2.55. The van der Waals surface area contributed by atoms with E-state index < -0.39 is 6.10 Å². The summed E-state index contributed by atoms with van der Waals surface area (Å²) in [6.07, 6.45) is 2.92. The number of nitriles is 1. The third-order valence-corrected chi connectivity index (χ3v) is 4.41. The fourth-order valence-corrected chi connectivity index (χ4v) is 2.92. The molecule has 1 aliphatic heterocycles. The van der Waals surface area contributed by atoms with Gasteiger partial charge in [0.1, 0.15) is 11.8 Å². The van der Waals surface area contributed by atoms with Gasteiger partial charge in [0.05, 0.1) is 11.6 Å². The second-order valence-corrected chi connectivity index (χ2v) is 6.37. The van der Waals surface area contributed by atoms with Gasteiger partial charge in [-0.2, -0.15) is 5.26 Å². The molecule has 1 aliphatic carbocycles. The lowest BCUT2D eigenvalue weighted by Gasteiger charge is -2.27. The van der Waals surface area contributed by atoms with Gasteiger partial charge < -0.3 is 15.0 Å². The molecule has 2 aliphatic rings. The van der Waals surface area contributed by atoms with Crippen LogP contribution in [0.5, 0.6) is 5.75 Å². The Kier molecular flexibility index (Phi) is 4.70. The van der Waals surface area contributed by atoms with Crippen molar-refractivity contribution in [2.75, 3.05) is 6.54 Å².